The van der Waals surface area contributed by atoms with E-state index in [2.05, 4.69) is 20.5 Å². The lowest BCUT2D eigenvalue weighted by atomic mass is 10.1. The first-order valence-electron chi connectivity index (χ1n) is 8.14. The Bertz CT molecular complexity index is 835. The molecule has 2 N–H and O–H groups in total. The average Bonchev–Trinajstić information content (AvgIpc) is 3.32. The third kappa shape index (κ3) is 3.20. The Kier molecular flexibility index (Phi) is 3.83. The van der Waals surface area contributed by atoms with Crippen LogP contribution < -0.4 is 5.32 Å². The zero-order chi connectivity index (χ0) is 16.4. The Morgan fingerprint density at radius 2 is 2.00 bits per heavy atom. The van der Waals surface area contributed by atoms with E-state index in [1.165, 1.54) is 18.4 Å². The number of H-pyrrole nitrogens is 1. The summed E-state index contributed by atoms with van der Waals surface area (Å²) in [6.45, 7) is 0. The SMILES string of the molecule is O=C(Nc1cn[nH]c1-c1ccccn1)c1ccc(CC2CC2)cc1. The van der Waals surface area contributed by atoms with Crippen LogP contribution in [-0.2, 0) is 6.42 Å². The summed E-state index contributed by atoms with van der Waals surface area (Å²) in [6, 6.07) is 13.5. The maximum absolute atomic E-state index is 12.5. The van der Waals surface area contributed by atoms with Crippen LogP contribution >= 0.6 is 0 Å². The van der Waals surface area contributed by atoms with Crippen LogP contribution in [0.4, 0.5) is 5.69 Å². The Morgan fingerprint density at radius 3 is 2.71 bits per heavy atom. The zero-order valence-electron chi connectivity index (χ0n) is 13.2. The molecule has 0 aliphatic heterocycles. The highest BCUT2D eigenvalue weighted by Crippen LogP contribution is 2.32. The van der Waals surface area contributed by atoms with E-state index in [0.29, 0.717) is 16.9 Å². The van der Waals surface area contributed by atoms with Crippen LogP contribution in [0.25, 0.3) is 11.4 Å². The van der Waals surface area contributed by atoms with Crippen LogP contribution in [0.5, 0.6) is 0 Å². The van der Waals surface area contributed by atoms with Gasteiger partial charge in [0.15, 0.2) is 0 Å². The lowest BCUT2D eigenvalue weighted by Crippen LogP contribution is -2.12. The monoisotopic (exact) mass is 318 g/mol. The Hall–Kier alpha value is -2.95. The van der Waals surface area contributed by atoms with Crippen LogP contribution in [0.2, 0.25) is 0 Å². The van der Waals surface area contributed by atoms with E-state index in [1.54, 1.807) is 12.4 Å². The summed E-state index contributed by atoms with van der Waals surface area (Å²) in [5.41, 5.74) is 4.01. The van der Waals surface area contributed by atoms with E-state index in [0.717, 1.165) is 18.0 Å². The molecule has 24 heavy (non-hydrogen) atoms. The molecule has 0 unspecified atom stereocenters. The molecule has 2 heterocycles. The summed E-state index contributed by atoms with van der Waals surface area (Å²) < 4.78 is 0. The van der Waals surface area contributed by atoms with E-state index in [1.807, 2.05) is 42.5 Å². The number of aromatic nitrogens is 3. The average molecular weight is 318 g/mol. The van der Waals surface area contributed by atoms with Crippen molar-refractivity contribution >= 4 is 11.6 Å². The van der Waals surface area contributed by atoms with Crippen molar-refractivity contribution in [1.29, 1.82) is 0 Å². The Balaban J connectivity index is 1.49. The number of anilines is 1. The smallest absolute Gasteiger partial charge is 0.255 e. The summed E-state index contributed by atoms with van der Waals surface area (Å²) in [6.07, 6.45) is 7.09. The second-order valence-electron chi connectivity index (χ2n) is 6.17. The molecule has 1 amide bonds. The second kappa shape index (κ2) is 6.28. The molecule has 3 aromatic rings. The third-order valence-electron chi connectivity index (χ3n) is 4.25. The fraction of sp³-hybridized carbons (Fsp3) is 0.211. The molecule has 0 radical (unpaired) electrons. The van der Waals surface area contributed by atoms with Gasteiger partial charge in [0, 0.05) is 11.8 Å². The predicted octanol–water partition coefficient (Wildman–Crippen LogP) is 3.68. The highest BCUT2D eigenvalue weighted by atomic mass is 16.1. The van der Waals surface area contributed by atoms with Crippen molar-refractivity contribution in [3.05, 3.63) is 66.0 Å². The number of rotatable bonds is 5. The van der Waals surface area contributed by atoms with E-state index in [-0.39, 0.29) is 5.91 Å². The van der Waals surface area contributed by atoms with Crippen molar-refractivity contribution in [1.82, 2.24) is 15.2 Å². The summed E-state index contributed by atoms with van der Waals surface area (Å²) in [5.74, 6) is 0.697. The van der Waals surface area contributed by atoms with Gasteiger partial charge >= 0.3 is 0 Å². The highest BCUT2D eigenvalue weighted by Gasteiger charge is 2.21. The largest absolute Gasteiger partial charge is 0.319 e. The maximum Gasteiger partial charge on any atom is 0.255 e. The predicted molar refractivity (Wildman–Crippen MR) is 92.6 cm³/mol. The number of pyridine rings is 1. The number of benzene rings is 1. The first-order chi connectivity index (χ1) is 11.8. The van der Waals surface area contributed by atoms with Crippen molar-refractivity contribution < 1.29 is 4.79 Å². The van der Waals surface area contributed by atoms with E-state index in [4.69, 9.17) is 0 Å². The van der Waals surface area contributed by atoms with Crippen molar-refractivity contribution in [2.24, 2.45) is 5.92 Å². The number of hydrogen-bond acceptors (Lipinski definition) is 3. The summed E-state index contributed by atoms with van der Waals surface area (Å²) in [4.78, 5) is 16.8. The molecule has 0 bridgehead atoms. The molecule has 1 saturated carbocycles. The van der Waals surface area contributed by atoms with Gasteiger partial charge in [-0.15, -0.1) is 0 Å². The fourth-order valence-corrected chi connectivity index (χ4v) is 2.73. The molecule has 5 heteroatoms. The second-order valence-corrected chi connectivity index (χ2v) is 6.17. The lowest BCUT2D eigenvalue weighted by molar-refractivity contribution is 0.102. The minimum Gasteiger partial charge on any atom is -0.319 e. The van der Waals surface area contributed by atoms with Crippen molar-refractivity contribution in [3.63, 3.8) is 0 Å². The Morgan fingerprint density at radius 1 is 1.17 bits per heavy atom. The summed E-state index contributed by atoms with van der Waals surface area (Å²) in [7, 11) is 0. The van der Waals surface area contributed by atoms with Gasteiger partial charge in [0.2, 0.25) is 0 Å². The molecule has 0 saturated heterocycles. The number of aromatic amines is 1. The zero-order valence-corrected chi connectivity index (χ0v) is 13.2. The number of carbonyl (C=O) groups excluding carboxylic acids is 1. The molecule has 4 rings (SSSR count). The summed E-state index contributed by atoms with van der Waals surface area (Å²) in [5, 5.41) is 9.81. The van der Waals surface area contributed by atoms with Crippen molar-refractivity contribution in [3.8, 4) is 11.4 Å². The van der Waals surface area contributed by atoms with Crippen LogP contribution in [-0.4, -0.2) is 21.1 Å². The molecule has 1 aliphatic rings. The lowest BCUT2D eigenvalue weighted by Gasteiger charge is -2.06. The maximum atomic E-state index is 12.5. The van der Waals surface area contributed by atoms with Gasteiger partial charge in [0.25, 0.3) is 5.91 Å². The molecule has 5 nitrogen and oxygen atoms in total. The van der Waals surface area contributed by atoms with Crippen LogP contribution in [0.15, 0.2) is 54.9 Å². The first kappa shape index (κ1) is 14.6. The minimum atomic E-state index is -0.147. The molecular weight excluding hydrogens is 300 g/mol. The number of amides is 1. The topological polar surface area (TPSA) is 70.7 Å². The van der Waals surface area contributed by atoms with Gasteiger partial charge in [0.05, 0.1) is 17.6 Å². The van der Waals surface area contributed by atoms with Crippen molar-refractivity contribution in [2.45, 2.75) is 19.3 Å². The highest BCUT2D eigenvalue weighted by molar-refractivity contribution is 6.05. The fourth-order valence-electron chi connectivity index (χ4n) is 2.73. The van der Waals surface area contributed by atoms with Crippen molar-refractivity contribution in [2.75, 3.05) is 5.32 Å². The molecule has 1 aliphatic carbocycles. The van der Waals surface area contributed by atoms with Crippen LogP contribution in [0.3, 0.4) is 0 Å². The first-order valence-corrected chi connectivity index (χ1v) is 8.14. The Labute approximate surface area is 140 Å². The van der Waals surface area contributed by atoms with Gasteiger partial charge in [-0.25, -0.2) is 0 Å². The van der Waals surface area contributed by atoms with E-state index in [9.17, 15) is 4.79 Å². The van der Waals surface area contributed by atoms with Crippen LogP contribution in [0.1, 0.15) is 28.8 Å². The molecule has 0 atom stereocenters. The standard InChI is InChI=1S/C19H18N4O/c24-19(15-8-6-14(7-9-15)11-13-4-5-13)22-17-12-21-23-18(17)16-3-1-2-10-20-16/h1-3,6-10,12-13H,4-5,11H2,(H,21,23)(H,22,24). The van der Waals surface area contributed by atoms with Gasteiger partial charge in [-0.05, 0) is 55.0 Å². The number of hydrogen-bond donors (Lipinski definition) is 2. The van der Waals surface area contributed by atoms with Crippen LogP contribution in [0, 0.1) is 5.92 Å². The minimum absolute atomic E-state index is 0.147. The van der Waals surface area contributed by atoms with Gasteiger partial charge < -0.3 is 5.32 Å². The molecular formula is C19H18N4O. The van der Waals surface area contributed by atoms with Gasteiger partial charge in [-0.2, -0.15) is 5.10 Å². The van der Waals surface area contributed by atoms with E-state index < -0.39 is 0 Å². The number of nitrogens with zero attached hydrogens (tertiary/aromatic N) is 2. The molecule has 2 aromatic heterocycles. The normalized spacial score (nSPS) is 13.7. The van der Waals surface area contributed by atoms with Gasteiger partial charge in [-0.3, -0.25) is 14.9 Å². The number of nitrogens with one attached hydrogen (secondary N) is 2. The molecule has 1 aromatic carbocycles. The molecule has 1 fully saturated rings. The molecule has 0 spiro atoms. The van der Waals surface area contributed by atoms with E-state index >= 15 is 0 Å². The molecule has 120 valence electrons. The van der Waals surface area contributed by atoms with Gasteiger partial charge in [-0.1, -0.05) is 18.2 Å². The number of carbonyl (C=O) groups is 1. The van der Waals surface area contributed by atoms with Gasteiger partial charge in [0.1, 0.15) is 5.69 Å². The quantitative estimate of drug-likeness (QED) is 0.754. The summed E-state index contributed by atoms with van der Waals surface area (Å²) >= 11 is 0. The third-order valence-corrected chi connectivity index (χ3v) is 4.25.